The van der Waals surface area contributed by atoms with Crippen molar-refractivity contribution in [2.24, 2.45) is 23.7 Å². The summed E-state index contributed by atoms with van der Waals surface area (Å²) in [5.74, 6) is 1.84. The van der Waals surface area contributed by atoms with E-state index in [1.807, 2.05) is 164 Å². The summed E-state index contributed by atoms with van der Waals surface area (Å²) in [4.78, 5) is 109. The number of Topliss-reactive ketones (excluding diaryl/α,β-unsaturated/α-hetero) is 4. The molecular formula is C80H83ClN4O12. The Balaban J connectivity index is 0.000000152. The molecule has 4 amide bonds. The van der Waals surface area contributed by atoms with Gasteiger partial charge in [-0.1, -0.05) is 121 Å². The van der Waals surface area contributed by atoms with Gasteiger partial charge < -0.3 is 38.5 Å². The summed E-state index contributed by atoms with van der Waals surface area (Å²) in [7, 11) is 6.27. The van der Waals surface area contributed by atoms with Crippen LogP contribution in [0.2, 0.25) is 5.02 Å². The zero-order valence-electron chi connectivity index (χ0n) is 55.4. The van der Waals surface area contributed by atoms with E-state index in [-0.39, 0.29) is 70.4 Å². The van der Waals surface area contributed by atoms with Gasteiger partial charge in [-0.15, -0.1) is 0 Å². The van der Waals surface area contributed by atoms with Crippen molar-refractivity contribution in [3.8, 4) is 23.0 Å². The number of benzene rings is 8. The number of hydrogen-bond donors (Lipinski definition) is 0. The maximum absolute atomic E-state index is 12.9. The fourth-order valence-electron chi connectivity index (χ4n) is 12.7. The zero-order valence-corrected chi connectivity index (χ0v) is 56.2. The summed E-state index contributed by atoms with van der Waals surface area (Å²) in [6.07, 6.45) is 6.53. The number of halogens is 1. The molecule has 502 valence electrons. The normalized spacial score (nSPS) is 17.3. The second kappa shape index (κ2) is 35.5. The van der Waals surface area contributed by atoms with Crippen molar-refractivity contribution in [3.63, 3.8) is 0 Å². The molecule has 4 aliphatic rings. The van der Waals surface area contributed by atoms with Gasteiger partial charge in [0.15, 0.2) is 34.6 Å². The summed E-state index contributed by atoms with van der Waals surface area (Å²) in [5.41, 5.74) is 5.04. The molecule has 4 unspecified atom stereocenters. The fourth-order valence-corrected chi connectivity index (χ4v) is 13.0. The summed E-state index contributed by atoms with van der Waals surface area (Å²) in [5, 5.41) is 0.476. The number of hydrogen-bond acceptors (Lipinski definition) is 12. The third-order valence-electron chi connectivity index (χ3n) is 17.9. The smallest absolute Gasteiger partial charge is 0.253 e. The Morgan fingerprint density at radius 2 is 0.639 bits per heavy atom. The van der Waals surface area contributed by atoms with Gasteiger partial charge >= 0.3 is 0 Å². The first-order valence-electron chi connectivity index (χ1n) is 33.0. The van der Waals surface area contributed by atoms with Crippen LogP contribution >= 0.6 is 11.6 Å². The number of para-hydroxylation sites is 1. The lowest BCUT2D eigenvalue weighted by Crippen LogP contribution is -2.42. The number of methoxy groups -OCH3 is 4. The Morgan fingerprint density at radius 1 is 0.309 bits per heavy atom. The van der Waals surface area contributed by atoms with Crippen LogP contribution in [-0.4, -0.2) is 147 Å². The minimum Gasteiger partial charge on any atom is -0.497 e. The van der Waals surface area contributed by atoms with Gasteiger partial charge in [0.1, 0.15) is 11.5 Å². The fraction of sp³-hybridized carbons (Fsp3) is 0.300. The number of likely N-dealkylation sites (tertiary alicyclic amines) is 4. The molecule has 8 aromatic carbocycles. The molecule has 12 rings (SSSR count). The Hall–Kier alpha value is -10.2. The average molecular weight is 1330 g/mol. The highest BCUT2D eigenvalue weighted by atomic mass is 35.5. The maximum Gasteiger partial charge on any atom is 0.253 e. The summed E-state index contributed by atoms with van der Waals surface area (Å²) < 4.78 is 21.0. The highest BCUT2D eigenvalue weighted by molar-refractivity contribution is 6.34. The molecule has 97 heavy (non-hydrogen) atoms. The molecule has 4 heterocycles. The summed E-state index contributed by atoms with van der Waals surface area (Å²) in [6, 6.07) is 63.7. The van der Waals surface area contributed by atoms with Gasteiger partial charge in [-0.2, -0.15) is 0 Å². The SMILES string of the molecule is COc1ccc(C(=O)C2CCCN(C(=O)c3ccccc3)C2)cc1OC.COc1cccc(C(=O)C2CCCN(C(=O)c3ccccc3)C2)c1.COc1ccccc1C(=O)C1CCCN(C(=O)c2ccccc2)C1.O=C(c1ccccc1Cl)C1CCCN(C(=O)c2ccccc2)C1. The van der Waals surface area contributed by atoms with Crippen molar-refractivity contribution in [2.75, 3.05) is 80.8 Å². The average Bonchev–Trinajstić information content (AvgIpc) is 0.929. The third kappa shape index (κ3) is 18.9. The van der Waals surface area contributed by atoms with Gasteiger partial charge in [0, 0.05) is 115 Å². The number of ether oxygens (including phenoxy) is 4. The molecule has 0 radical (unpaired) electrons. The first-order valence-corrected chi connectivity index (χ1v) is 33.4. The van der Waals surface area contributed by atoms with Crippen LogP contribution in [0.1, 0.15) is 134 Å². The summed E-state index contributed by atoms with van der Waals surface area (Å²) >= 11 is 6.13. The minimum atomic E-state index is -0.200. The van der Waals surface area contributed by atoms with Crippen LogP contribution in [0.25, 0.3) is 0 Å². The van der Waals surface area contributed by atoms with Gasteiger partial charge in [0.05, 0.1) is 39.0 Å². The molecule has 0 N–H and O–H groups in total. The van der Waals surface area contributed by atoms with E-state index in [4.69, 9.17) is 30.5 Å². The number of rotatable bonds is 16. The molecule has 16 nitrogen and oxygen atoms in total. The zero-order chi connectivity index (χ0) is 68.6. The molecule has 4 fully saturated rings. The van der Waals surface area contributed by atoms with Crippen LogP contribution in [0.15, 0.2) is 212 Å². The number of amides is 4. The van der Waals surface area contributed by atoms with E-state index < -0.39 is 0 Å². The van der Waals surface area contributed by atoms with E-state index in [0.717, 1.165) is 51.4 Å². The number of piperidine rings is 4. The van der Waals surface area contributed by atoms with E-state index in [1.165, 1.54) is 0 Å². The number of nitrogens with zero attached hydrogens (tertiary/aromatic N) is 4. The maximum atomic E-state index is 12.9. The Bertz CT molecular complexity index is 3990. The van der Waals surface area contributed by atoms with Crippen LogP contribution in [0, 0.1) is 23.7 Å². The van der Waals surface area contributed by atoms with Crippen LogP contribution in [-0.2, 0) is 0 Å². The van der Waals surface area contributed by atoms with Crippen molar-refractivity contribution in [3.05, 3.63) is 262 Å². The van der Waals surface area contributed by atoms with Gasteiger partial charge in [-0.25, -0.2) is 0 Å². The predicted octanol–water partition coefficient (Wildman–Crippen LogP) is 14.4. The van der Waals surface area contributed by atoms with Crippen molar-refractivity contribution in [2.45, 2.75) is 51.4 Å². The molecule has 17 heteroatoms. The number of ketones is 4. The molecule has 0 aliphatic carbocycles. The first-order chi connectivity index (χ1) is 47.2. The molecule has 0 bridgehead atoms. The van der Waals surface area contributed by atoms with Gasteiger partial charge in [-0.3, -0.25) is 38.4 Å². The molecule has 0 spiro atoms. The van der Waals surface area contributed by atoms with Crippen molar-refractivity contribution in [1.82, 2.24) is 19.6 Å². The van der Waals surface area contributed by atoms with Gasteiger partial charge in [-0.05, 0) is 154 Å². The minimum absolute atomic E-state index is 0.00116. The standard InChI is InChI=1S/C21H23NO4.2C20H21NO3.C19H18ClNO2/c1-25-18-11-10-16(13-19(18)26-2)20(23)17-9-6-12-22(14-17)21(24)15-7-4-3-5-8-15;1-24-18-11-5-9-16(13-18)19(22)17-10-6-12-21(14-17)20(23)15-7-3-2-4-8-15;1-24-18-12-6-5-11-17(18)19(22)16-10-7-13-21(14-16)20(23)15-8-3-2-4-9-15;20-17-11-5-4-10-16(17)18(22)15-9-6-12-21(13-15)19(23)14-7-2-1-3-8-14/h3-5,7-8,10-11,13,17H,6,9,12,14H2,1-2H3;2-5,7-9,11,13,17H,6,10,12,14H2,1H3;2-6,8-9,11-12,16H,7,10,13-14H2,1H3;1-5,7-8,10-11,15H,6,9,12-13H2. The van der Waals surface area contributed by atoms with Gasteiger partial charge in [0.2, 0.25) is 0 Å². The monoisotopic (exact) mass is 1330 g/mol. The van der Waals surface area contributed by atoms with E-state index in [9.17, 15) is 38.4 Å². The molecule has 8 aromatic rings. The van der Waals surface area contributed by atoms with Gasteiger partial charge in [0.25, 0.3) is 23.6 Å². The second-order valence-corrected chi connectivity index (χ2v) is 24.7. The molecular weight excluding hydrogens is 1240 g/mol. The molecule has 4 saturated heterocycles. The van der Waals surface area contributed by atoms with Crippen LogP contribution in [0.5, 0.6) is 23.0 Å². The van der Waals surface area contributed by atoms with E-state index >= 15 is 0 Å². The van der Waals surface area contributed by atoms with Crippen LogP contribution < -0.4 is 18.9 Å². The molecule has 0 aromatic heterocycles. The van der Waals surface area contributed by atoms with E-state index in [0.29, 0.717) is 125 Å². The molecule has 0 saturated carbocycles. The topological polar surface area (TPSA) is 186 Å². The van der Waals surface area contributed by atoms with Crippen molar-refractivity contribution in [1.29, 1.82) is 0 Å². The third-order valence-corrected chi connectivity index (χ3v) is 18.3. The van der Waals surface area contributed by atoms with Crippen LogP contribution in [0.4, 0.5) is 0 Å². The highest BCUT2D eigenvalue weighted by Crippen LogP contribution is 2.33. The van der Waals surface area contributed by atoms with E-state index in [1.54, 1.807) is 96.6 Å². The molecule has 4 atom stereocenters. The van der Waals surface area contributed by atoms with Crippen LogP contribution in [0.3, 0.4) is 0 Å². The Kier molecular flexibility index (Phi) is 26.0. The predicted molar refractivity (Wildman–Crippen MR) is 375 cm³/mol. The highest BCUT2D eigenvalue weighted by Gasteiger charge is 2.34. The van der Waals surface area contributed by atoms with E-state index in [2.05, 4.69) is 0 Å². The van der Waals surface area contributed by atoms with Crippen molar-refractivity contribution < 1.29 is 57.3 Å². The Morgan fingerprint density at radius 3 is 1.02 bits per heavy atom. The first kappa shape index (κ1) is 71.1. The van der Waals surface area contributed by atoms with Crippen molar-refractivity contribution >= 4 is 58.4 Å². The number of carbonyl (C=O) groups excluding carboxylic acids is 8. The largest absolute Gasteiger partial charge is 0.497 e. The quantitative estimate of drug-likeness (QED) is 0.0835. The molecule has 4 aliphatic heterocycles. The summed E-state index contributed by atoms with van der Waals surface area (Å²) in [6.45, 7) is 4.62. The lowest BCUT2D eigenvalue weighted by Gasteiger charge is -2.32. The second-order valence-electron chi connectivity index (χ2n) is 24.3. The lowest BCUT2D eigenvalue weighted by molar-refractivity contribution is 0.0623. The Labute approximate surface area is 573 Å². The lowest BCUT2D eigenvalue weighted by atomic mass is 9.89. The number of carbonyl (C=O) groups is 8.